The summed E-state index contributed by atoms with van der Waals surface area (Å²) in [6.07, 6.45) is 11.0. The summed E-state index contributed by atoms with van der Waals surface area (Å²) >= 11 is 0. The second-order valence-electron chi connectivity index (χ2n) is 8.60. The van der Waals surface area contributed by atoms with E-state index in [9.17, 15) is 9.90 Å². The molecular weight excluding hydrogens is 368 g/mol. The van der Waals surface area contributed by atoms with E-state index in [1.807, 2.05) is 12.1 Å². The molecule has 30 heavy (non-hydrogen) atoms. The Morgan fingerprint density at radius 1 is 1.00 bits per heavy atom. The average Bonchev–Trinajstić information content (AvgIpc) is 2.77. The van der Waals surface area contributed by atoms with E-state index in [4.69, 9.17) is 0 Å². The molecule has 0 bridgehead atoms. The zero-order valence-corrected chi connectivity index (χ0v) is 18.4. The molecule has 1 saturated carbocycles. The third-order valence-corrected chi connectivity index (χ3v) is 6.37. The summed E-state index contributed by atoms with van der Waals surface area (Å²) in [5.41, 5.74) is 4.31. The number of carbonyl (C=O) groups is 1. The van der Waals surface area contributed by atoms with Crippen molar-refractivity contribution >= 4 is 5.97 Å². The summed E-state index contributed by atoms with van der Waals surface area (Å²) < 4.78 is 0. The van der Waals surface area contributed by atoms with E-state index in [2.05, 4.69) is 50.0 Å². The molecule has 0 amide bonds. The van der Waals surface area contributed by atoms with Gasteiger partial charge in [-0.25, -0.2) is 4.79 Å². The number of rotatable bonds is 7. The number of benzene rings is 2. The van der Waals surface area contributed by atoms with Gasteiger partial charge in [-0.1, -0.05) is 69.2 Å². The maximum absolute atomic E-state index is 11.8. The van der Waals surface area contributed by atoms with Crippen LogP contribution in [0.2, 0.25) is 0 Å². The van der Waals surface area contributed by atoms with Gasteiger partial charge in [-0.15, -0.1) is 0 Å². The lowest BCUT2D eigenvalue weighted by Crippen LogP contribution is -2.13. The zero-order chi connectivity index (χ0) is 21.3. The summed E-state index contributed by atoms with van der Waals surface area (Å²) in [6, 6.07) is 14.0. The van der Waals surface area contributed by atoms with Crippen LogP contribution in [-0.4, -0.2) is 11.1 Å². The molecule has 0 unspecified atom stereocenters. The van der Waals surface area contributed by atoms with Crippen molar-refractivity contribution in [3.8, 4) is 23.0 Å². The van der Waals surface area contributed by atoms with Crippen LogP contribution in [0, 0.1) is 17.8 Å². The highest BCUT2D eigenvalue weighted by molar-refractivity contribution is 5.96. The third-order valence-electron chi connectivity index (χ3n) is 6.37. The first-order chi connectivity index (χ1) is 14.6. The van der Waals surface area contributed by atoms with Crippen molar-refractivity contribution < 1.29 is 9.90 Å². The lowest BCUT2D eigenvalue weighted by Gasteiger charge is -2.28. The molecule has 1 aliphatic carbocycles. The molecule has 0 radical (unpaired) electrons. The minimum absolute atomic E-state index is 0.335. The minimum atomic E-state index is -0.895. The Labute approximate surface area is 181 Å². The van der Waals surface area contributed by atoms with Gasteiger partial charge in [-0.2, -0.15) is 0 Å². The van der Waals surface area contributed by atoms with Crippen LogP contribution in [0.3, 0.4) is 0 Å². The molecule has 3 rings (SSSR count). The SMILES string of the molecule is CCCCC#Cc1ccc(C(=O)O)c(-c2ccc(C3CCC(CCC)CC3)cc2)c1. The number of carboxylic acids is 1. The fraction of sp³-hybridized carbons (Fsp3) is 0.464. The molecule has 2 aromatic rings. The molecule has 1 fully saturated rings. The lowest BCUT2D eigenvalue weighted by atomic mass is 9.77. The molecule has 0 atom stereocenters. The smallest absolute Gasteiger partial charge is 0.336 e. The largest absolute Gasteiger partial charge is 0.478 e. The van der Waals surface area contributed by atoms with Crippen LogP contribution in [0.1, 0.15) is 99.0 Å². The number of hydrogen-bond acceptors (Lipinski definition) is 1. The van der Waals surface area contributed by atoms with Crippen molar-refractivity contribution in [3.63, 3.8) is 0 Å². The molecule has 0 saturated heterocycles. The monoisotopic (exact) mass is 402 g/mol. The molecule has 0 aliphatic heterocycles. The van der Waals surface area contributed by atoms with E-state index >= 15 is 0 Å². The summed E-state index contributed by atoms with van der Waals surface area (Å²) in [4.78, 5) is 11.8. The first kappa shape index (κ1) is 22.2. The van der Waals surface area contributed by atoms with Gasteiger partial charge in [0.05, 0.1) is 5.56 Å². The van der Waals surface area contributed by atoms with Crippen LogP contribution in [0.5, 0.6) is 0 Å². The maximum atomic E-state index is 11.8. The zero-order valence-electron chi connectivity index (χ0n) is 18.4. The van der Waals surface area contributed by atoms with Crippen LogP contribution in [0.25, 0.3) is 11.1 Å². The van der Waals surface area contributed by atoms with Crippen LogP contribution in [0.15, 0.2) is 42.5 Å². The molecule has 158 valence electrons. The number of carboxylic acid groups (broad SMARTS) is 1. The fourth-order valence-electron chi connectivity index (χ4n) is 4.60. The summed E-state index contributed by atoms with van der Waals surface area (Å²) in [7, 11) is 0. The van der Waals surface area contributed by atoms with Gasteiger partial charge in [0, 0.05) is 12.0 Å². The first-order valence-electron chi connectivity index (χ1n) is 11.6. The highest BCUT2D eigenvalue weighted by atomic mass is 16.4. The van der Waals surface area contributed by atoms with Gasteiger partial charge < -0.3 is 5.11 Å². The normalized spacial score (nSPS) is 18.5. The molecule has 2 aromatic carbocycles. The van der Waals surface area contributed by atoms with Gasteiger partial charge in [0.2, 0.25) is 0 Å². The van der Waals surface area contributed by atoms with Crippen LogP contribution < -0.4 is 0 Å². The number of hydrogen-bond donors (Lipinski definition) is 1. The quantitative estimate of drug-likeness (QED) is 0.381. The molecule has 0 heterocycles. The number of unbranched alkanes of at least 4 members (excludes halogenated alkanes) is 2. The van der Waals surface area contributed by atoms with E-state index in [0.717, 1.165) is 41.9 Å². The van der Waals surface area contributed by atoms with E-state index < -0.39 is 5.97 Å². The van der Waals surface area contributed by atoms with E-state index in [-0.39, 0.29) is 0 Å². The molecule has 1 aliphatic rings. The molecule has 0 spiro atoms. The second-order valence-corrected chi connectivity index (χ2v) is 8.60. The van der Waals surface area contributed by atoms with Gasteiger partial charge in [0.1, 0.15) is 0 Å². The van der Waals surface area contributed by atoms with Gasteiger partial charge in [0.25, 0.3) is 0 Å². The summed E-state index contributed by atoms with van der Waals surface area (Å²) in [5.74, 6) is 7.04. The minimum Gasteiger partial charge on any atom is -0.478 e. The average molecular weight is 403 g/mol. The Balaban J connectivity index is 1.79. The van der Waals surface area contributed by atoms with Gasteiger partial charge in [-0.05, 0) is 78.8 Å². The van der Waals surface area contributed by atoms with Crippen molar-refractivity contribution in [1.82, 2.24) is 0 Å². The highest BCUT2D eigenvalue weighted by Gasteiger charge is 2.22. The van der Waals surface area contributed by atoms with Crippen LogP contribution >= 0.6 is 0 Å². The van der Waals surface area contributed by atoms with Crippen molar-refractivity contribution in [2.75, 3.05) is 0 Å². The Morgan fingerprint density at radius 2 is 1.73 bits per heavy atom. The maximum Gasteiger partial charge on any atom is 0.336 e. The molecule has 0 aromatic heterocycles. The van der Waals surface area contributed by atoms with Crippen molar-refractivity contribution in [2.45, 2.75) is 77.6 Å². The summed E-state index contributed by atoms with van der Waals surface area (Å²) in [6.45, 7) is 4.43. The third kappa shape index (κ3) is 5.76. The first-order valence-corrected chi connectivity index (χ1v) is 11.6. The highest BCUT2D eigenvalue weighted by Crippen LogP contribution is 2.38. The standard InChI is InChI=1S/C28H34O2/c1-3-5-6-7-9-22-12-19-26(28(29)30)27(20-22)25-17-15-24(16-18-25)23-13-10-21(8-4-2)11-14-23/h12,15-21,23H,3-6,8,10-11,13-14H2,1-2H3,(H,29,30). The Morgan fingerprint density at radius 3 is 2.37 bits per heavy atom. The van der Waals surface area contributed by atoms with Gasteiger partial charge in [0.15, 0.2) is 0 Å². The van der Waals surface area contributed by atoms with Crippen molar-refractivity contribution in [2.24, 2.45) is 5.92 Å². The van der Waals surface area contributed by atoms with E-state index in [1.54, 1.807) is 6.07 Å². The van der Waals surface area contributed by atoms with Crippen molar-refractivity contribution in [3.05, 3.63) is 59.2 Å². The van der Waals surface area contributed by atoms with Crippen molar-refractivity contribution in [1.29, 1.82) is 0 Å². The topological polar surface area (TPSA) is 37.3 Å². The molecule has 1 N–H and O–H groups in total. The fourth-order valence-corrected chi connectivity index (χ4v) is 4.60. The Bertz CT molecular complexity index is 890. The second kappa shape index (κ2) is 11.0. The molecular formula is C28H34O2. The molecule has 2 nitrogen and oxygen atoms in total. The summed E-state index contributed by atoms with van der Waals surface area (Å²) in [5, 5.41) is 9.65. The lowest BCUT2D eigenvalue weighted by molar-refractivity contribution is 0.0697. The van der Waals surface area contributed by atoms with Gasteiger partial charge >= 0.3 is 5.97 Å². The van der Waals surface area contributed by atoms with Gasteiger partial charge in [-0.3, -0.25) is 0 Å². The van der Waals surface area contributed by atoms with E-state index in [1.165, 1.54) is 44.1 Å². The predicted molar refractivity (Wildman–Crippen MR) is 125 cm³/mol. The molecule has 2 heteroatoms. The predicted octanol–water partition coefficient (Wildman–Crippen LogP) is 7.67. The Hall–Kier alpha value is -2.53. The number of aromatic carboxylic acids is 1. The van der Waals surface area contributed by atoms with E-state index in [0.29, 0.717) is 11.5 Å². The van der Waals surface area contributed by atoms with Crippen LogP contribution in [-0.2, 0) is 0 Å². The van der Waals surface area contributed by atoms with Crippen LogP contribution in [0.4, 0.5) is 0 Å². The Kier molecular flexibility index (Phi) is 8.14.